The van der Waals surface area contributed by atoms with E-state index in [9.17, 15) is 9.18 Å². The Kier molecular flexibility index (Phi) is 3.99. The Morgan fingerprint density at radius 2 is 2.15 bits per heavy atom. The zero-order valence-corrected chi connectivity index (χ0v) is 12.4. The molecule has 0 aliphatic carbocycles. The van der Waals surface area contributed by atoms with Gasteiger partial charge in [-0.15, -0.1) is 0 Å². The lowest BCUT2D eigenvalue weighted by Crippen LogP contribution is -2.41. The summed E-state index contributed by atoms with van der Waals surface area (Å²) in [6.45, 7) is 6.38. The molecule has 1 heterocycles. The number of benzene rings is 1. The standard InChI is InChI=1S/C14H17ClFN3O/c1-8(2)7-17-13-18-12(20)14(3,19-13)10-5-4-9(16)6-11(10)15/h4-6,8H,7H2,1-3H3,(H2,17,18,19,20). The molecule has 6 heteroatoms. The molecule has 0 radical (unpaired) electrons. The quantitative estimate of drug-likeness (QED) is 0.900. The number of guanidine groups is 1. The van der Waals surface area contributed by atoms with E-state index in [0.717, 1.165) is 0 Å². The molecule has 20 heavy (non-hydrogen) atoms. The van der Waals surface area contributed by atoms with Crippen LogP contribution in [-0.2, 0) is 10.3 Å². The normalized spacial score (nSPS) is 24.1. The highest BCUT2D eigenvalue weighted by atomic mass is 35.5. The first-order valence-electron chi connectivity index (χ1n) is 6.42. The van der Waals surface area contributed by atoms with Gasteiger partial charge in [0.25, 0.3) is 5.91 Å². The van der Waals surface area contributed by atoms with Crippen LogP contribution >= 0.6 is 11.6 Å². The van der Waals surface area contributed by atoms with Gasteiger partial charge in [-0.3, -0.25) is 15.1 Å². The molecule has 1 fully saturated rings. The molecule has 1 saturated heterocycles. The summed E-state index contributed by atoms with van der Waals surface area (Å²) < 4.78 is 13.1. The van der Waals surface area contributed by atoms with Crippen LogP contribution in [0.4, 0.5) is 4.39 Å². The smallest absolute Gasteiger partial charge is 0.256 e. The van der Waals surface area contributed by atoms with Crippen molar-refractivity contribution in [1.82, 2.24) is 10.6 Å². The highest BCUT2D eigenvalue weighted by Crippen LogP contribution is 2.31. The Bertz CT molecular complexity index is 574. The molecule has 2 N–H and O–H groups in total. The summed E-state index contributed by atoms with van der Waals surface area (Å²) >= 11 is 6.04. The number of rotatable bonds is 3. The van der Waals surface area contributed by atoms with Gasteiger partial charge in [0.2, 0.25) is 0 Å². The molecule has 1 atom stereocenters. The molecule has 4 nitrogen and oxygen atoms in total. The number of hydrogen-bond acceptors (Lipinski definition) is 2. The number of nitrogens with one attached hydrogen (secondary N) is 2. The zero-order chi connectivity index (χ0) is 14.9. The Morgan fingerprint density at radius 1 is 1.45 bits per heavy atom. The molecule has 108 valence electrons. The van der Waals surface area contributed by atoms with E-state index in [4.69, 9.17) is 11.6 Å². The maximum absolute atomic E-state index is 13.1. The van der Waals surface area contributed by atoms with Gasteiger partial charge in [0.1, 0.15) is 11.4 Å². The van der Waals surface area contributed by atoms with Crippen molar-refractivity contribution >= 4 is 23.5 Å². The van der Waals surface area contributed by atoms with Crippen molar-refractivity contribution in [2.45, 2.75) is 26.3 Å². The fourth-order valence-electron chi connectivity index (χ4n) is 1.99. The first-order valence-corrected chi connectivity index (χ1v) is 6.80. The summed E-state index contributed by atoms with van der Waals surface area (Å²) in [4.78, 5) is 16.5. The van der Waals surface area contributed by atoms with Gasteiger partial charge in [-0.25, -0.2) is 4.39 Å². The van der Waals surface area contributed by atoms with E-state index in [1.807, 2.05) is 13.8 Å². The summed E-state index contributed by atoms with van der Waals surface area (Å²) in [6.07, 6.45) is 0. The molecule has 1 aliphatic heterocycles. The van der Waals surface area contributed by atoms with E-state index < -0.39 is 11.4 Å². The minimum Gasteiger partial charge on any atom is -0.338 e. The Morgan fingerprint density at radius 3 is 2.75 bits per heavy atom. The Labute approximate surface area is 122 Å². The fraction of sp³-hybridized carbons (Fsp3) is 0.429. The van der Waals surface area contributed by atoms with Crippen molar-refractivity contribution in [1.29, 1.82) is 0 Å². The number of carbonyl (C=O) groups excluding carboxylic acids is 1. The first kappa shape index (κ1) is 14.8. The summed E-state index contributed by atoms with van der Waals surface area (Å²) in [5.74, 6) is 0.122. The first-order chi connectivity index (χ1) is 9.33. The molecule has 1 amide bonds. The number of halogens is 2. The second kappa shape index (κ2) is 5.40. The van der Waals surface area contributed by atoms with Gasteiger partial charge >= 0.3 is 0 Å². The maximum Gasteiger partial charge on any atom is 0.256 e. The molecule has 1 aliphatic rings. The van der Waals surface area contributed by atoms with E-state index in [-0.39, 0.29) is 10.9 Å². The van der Waals surface area contributed by atoms with Crippen molar-refractivity contribution in [2.75, 3.05) is 6.54 Å². The van der Waals surface area contributed by atoms with Crippen LogP contribution in [0.15, 0.2) is 23.2 Å². The van der Waals surface area contributed by atoms with Crippen molar-refractivity contribution in [2.24, 2.45) is 10.9 Å². The average molecular weight is 298 g/mol. The predicted molar refractivity (Wildman–Crippen MR) is 77.2 cm³/mol. The van der Waals surface area contributed by atoms with Crippen LogP contribution in [0, 0.1) is 11.7 Å². The summed E-state index contributed by atoms with van der Waals surface area (Å²) in [5.41, 5.74) is -0.520. The number of amides is 1. The number of aliphatic imine (C=N–C) groups is 1. The van der Waals surface area contributed by atoms with Crippen molar-refractivity contribution < 1.29 is 9.18 Å². The molecule has 2 rings (SSSR count). The van der Waals surface area contributed by atoms with Gasteiger partial charge in [-0.1, -0.05) is 31.5 Å². The van der Waals surface area contributed by atoms with E-state index in [1.165, 1.54) is 18.2 Å². The zero-order valence-electron chi connectivity index (χ0n) is 11.6. The van der Waals surface area contributed by atoms with Crippen LogP contribution in [0.25, 0.3) is 0 Å². The Hall–Kier alpha value is -1.62. The van der Waals surface area contributed by atoms with Crippen LogP contribution in [0.2, 0.25) is 5.02 Å². The molecular formula is C14H17ClFN3O. The topological polar surface area (TPSA) is 53.5 Å². The average Bonchev–Trinajstić information content (AvgIpc) is 2.63. The van der Waals surface area contributed by atoms with E-state index >= 15 is 0 Å². The lowest BCUT2D eigenvalue weighted by atomic mass is 9.92. The van der Waals surface area contributed by atoms with Crippen molar-refractivity contribution in [3.63, 3.8) is 0 Å². The lowest BCUT2D eigenvalue weighted by molar-refractivity contribution is -0.123. The van der Waals surface area contributed by atoms with Gasteiger partial charge in [0, 0.05) is 17.1 Å². The largest absolute Gasteiger partial charge is 0.338 e. The van der Waals surface area contributed by atoms with Crippen LogP contribution in [-0.4, -0.2) is 18.4 Å². The maximum atomic E-state index is 13.1. The summed E-state index contributed by atoms with van der Waals surface area (Å²) in [7, 11) is 0. The van der Waals surface area contributed by atoms with Gasteiger partial charge in [-0.2, -0.15) is 0 Å². The van der Waals surface area contributed by atoms with Gasteiger partial charge in [-0.05, 0) is 25.0 Å². The number of hydrogen-bond donors (Lipinski definition) is 2. The molecular weight excluding hydrogens is 281 g/mol. The van der Waals surface area contributed by atoms with Crippen molar-refractivity contribution in [3.8, 4) is 0 Å². The summed E-state index contributed by atoms with van der Waals surface area (Å²) in [6, 6.07) is 3.99. The van der Waals surface area contributed by atoms with E-state index in [0.29, 0.717) is 24.0 Å². The second-order valence-electron chi connectivity index (χ2n) is 5.41. The Balaban J connectivity index is 2.31. The van der Waals surface area contributed by atoms with Gasteiger partial charge < -0.3 is 5.32 Å². The predicted octanol–water partition coefficient (Wildman–Crippen LogP) is 2.43. The molecule has 0 spiro atoms. The monoisotopic (exact) mass is 297 g/mol. The lowest BCUT2D eigenvalue weighted by Gasteiger charge is -2.22. The minimum atomic E-state index is -1.04. The molecule has 1 unspecified atom stereocenters. The number of nitrogens with zero attached hydrogens (tertiary/aromatic N) is 1. The fourth-order valence-corrected chi connectivity index (χ4v) is 2.35. The molecule has 1 aromatic carbocycles. The van der Waals surface area contributed by atoms with Crippen LogP contribution in [0.5, 0.6) is 0 Å². The van der Waals surface area contributed by atoms with Gasteiger partial charge in [0.05, 0.1) is 0 Å². The van der Waals surface area contributed by atoms with E-state index in [1.54, 1.807) is 6.92 Å². The highest BCUT2D eigenvalue weighted by Gasteiger charge is 2.43. The minimum absolute atomic E-state index is 0.209. The third kappa shape index (κ3) is 2.77. The van der Waals surface area contributed by atoms with Crippen LogP contribution in [0.3, 0.4) is 0 Å². The highest BCUT2D eigenvalue weighted by molar-refractivity contribution is 6.32. The second-order valence-corrected chi connectivity index (χ2v) is 5.82. The van der Waals surface area contributed by atoms with E-state index in [2.05, 4.69) is 15.6 Å². The van der Waals surface area contributed by atoms with Crippen LogP contribution in [0.1, 0.15) is 26.3 Å². The van der Waals surface area contributed by atoms with Crippen LogP contribution < -0.4 is 10.6 Å². The molecule has 0 bridgehead atoms. The third-order valence-corrected chi connectivity index (χ3v) is 3.45. The molecule has 0 saturated carbocycles. The van der Waals surface area contributed by atoms with Gasteiger partial charge in [0.15, 0.2) is 5.96 Å². The van der Waals surface area contributed by atoms with Crippen molar-refractivity contribution in [3.05, 3.63) is 34.6 Å². The molecule has 1 aromatic rings. The summed E-state index contributed by atoms with van der Waals surface area (Å²) in [5, 5.41) is 5.93. The third-order valence-electron chi connectivity index (χ3n) is 3.14. The number of carbonyl (C=O) groups is 1. The molecule has 0 aromatic heterocycles. The SMILES string of the molecule is CC(C)CN=C1NC(=O)C(C)(c2ccc(F)cc2Cl)N1.